The lowest BCUT2D eigenvalue weighted by molar-refractivity contribution is 0.640. The van der Waals surface area contributed by atoms with Crippen molar-refractivity contribution in [1.29, 1.82) is 0 Å². The first-order valence-corrected chi connectivity index (χ1v) is 3.66. The molecule has 0 unspecified atom stereocenters. The summed E-state index contributed by atoms with van der Waals surface area (Å²) < 4.78 is 2.63. The van der Waals surface area contributed by atoms with Gasteiger partial charge < -0.3 is 0 Å². The maximum absolute atomic E-state index is 11.5. The molecule has 5 nitrogen and oxygen atoms in total. The predicted molar refractivity (Wildman–Crippen MR) is 46.1 cm³/mol. The van der Waals surface area contributed by atoms with E-state index in [0.29, 0.717) is 5.52 Å². The third-order valence-electron chi connectivity index (χ3n) is 1.67. The van der Waals surface area contributed by atoms with E-state index < -0.39 is 0 Å². The van der Waals surface area contributed by atoms with Gasteiger partial charge in [0.2, 0.25) is 0 Å². The number of rotatable bonds is 1. The van der Waals surface area contributed by atoms with Gasteiger partial charge in [0.15, 0.2) is 0 Å². The molecule has 0 N–H and O–H groups in total. The SMILES string of the molecule is C#CCn1ncn2nccc2c1=O. The summed E-state index contributed by atoms with van der Waals surface area (Å²) in [5.41, 5.74) is 0.253. The maximum Gasteiger partial charge on any atom is 0.293 e. The molecule has 5 heteroatoms. The molecule has 13 heavy (non-hydrogen) atoms. The first-order chi connectivity index (χ1) is 6.33. The van der Waals surface area contributed by atoms with E-state index in [4.69, 9.17) is 6.42 Å². The zero-order valence-electron chi connectivity index (χ0n) is 6.71. The Morgan fingerprint density at radius 1 is 1.54 bits per heavy atom. The highest BCUT2D eigenvalue weighted by atomic mass is 16.1. The van der Waals surface area contributed by atoms with Crippen LogP contribution in [0.25, 0.3) is 5.52 Å². The minimum atomic E-state index is -0.224. The number of nitrogens with zero attached hydrogens (tertiary/aromatic N) is 4. The standard InChI is InChI=1S/C8H6N4O/c1-2-5-11-8(13)7-3-4-9-12(7)6-10-11/h1,3-4,6H,5H2. The monoisotopic (exact) mass is 174 g/mol. The van der Waals surface area contributed by atoms with Gasteiger partial charge >= 0.3 is 0 Å². The fourth-order valence-corrected chi connectivity index (χ4v) is 1.07. The molecule has 0 fully saturated rings. The van der Waals surface area contributed by atoms with E-state index in [9.17, 15) is 4.79 Å². The van der Waals surface area contributed by atoms with Crippen molar-refractivity contribution in [3.63, 3.8) is 0 Å². The van der Waals surface area contributed by atoms with Crippen LogP contribution in [0.2, 0.25) is 0 Å². The Kier molecular flexibility index (Phi) is 1.60. The van der Waals surface area contributed by atoms with Gasteiger partial charge in [-0.2, -0.15) is 10.2 Å². The van der Waals surface area contributed by atoms with Gasteiger partial charge in [0, 0.05) is 0 Å². The van der Waals surface area contributed by atoms with Crippen molar-refractivity contribution in [2.24, 2.45) is 0 Å². The van der Waals surface area contributed by atoms with Crippen molar-refractivity contribution in [1.82, 2.24) is 19.4 Å². The van der Waals surface area contributed by atoms with Crippen molar-refractivity contribution in [3.05, 3.63) is 28.9 Å². The molecule has 0 aliphatic heterocycles. The summed E-state index contributed by atoms with van der Waals surface area (Å²) in [6.07, 6.45) is 8.07. The number of terminal acetylenes is 1. The second kappa shape index (κ2) is 2.75. The van der Waals surface area contributed by atoms with Crippen molar-refractivity contribution < 1.29 is 0 Å². The first kappa shape index (κ1) is 7.55. The lowest BCUT2D eigenvalue weighted by atomic mass is 10.5. The molecule has 0 aliphatic rings. The molecule has 2 rings (SSSR count). The molecule has 0 amide bonds. The molecule has 64 valence electrons. The minimum Gasteiger partial charge on any atom is -0.265 e. The molecule has 0 saturated carbocycles. The summed E-state index contributed by atoms with van der Waals surface area (Å²) in [5.74, 6) is 2.35. The van der Waals surface area contributed by atoms with Gasteiger partial charge in [0.1, 0.15) is 18.4 Å². The molecule has 2 aromatic heterocycles. The van der Waals surface area contributed by atoms with E-state index in [1.165, 1.54) is 15.5 Å². The highest BCUT2D eigenvalue weighted by Gasteiger charge is 2.01. The number of hydrogen-bond acceptors (Lipinski definition) is 3. The molecule has 0 radical (unpaired) electrons. The Balaban J connectivity index is 2.75. The predicted octanol–water partition coefficient (Wildman–Crippen LogP) is -0.476. The van der Waals surface area contributed by atoms with Crippen LogP contribution in [0.15, 0.2) is 23.4 Å². The fraction of sp³-hybridized carbons (Fsp3) is 0.125. The molecule has 0 bridgehead atoms. The smallest absolute Gasteiger partial charge is 0.265 e. The van der Waals surface area contributed by atoms with Crippen LogP contribution in [-0.4, -0.2) is 19.4 Å². The number of fused-ring (bicyclic) bond motifs is 1. The molecule has 0 atom stereocenters. The van der Waals surface area contributed by atoms with E-state index in [0.717, 1.165) is 0 Å². The van der Waals surface area contributed by atoms with Crippen LogP contribution in [0.5, 0.6) is 0 Å². The Bertz CT molecular complexity index is 531. The zero-order chi connectivity index (χ0) is 9.26. The fourth-order valence-electron chi connectivity index (χ4n) is 1.07. The summed E-state index contributed by atoms with van der Waals surface area (Å²) >= 11 is 0. The van der Waals surface area contributed by atoms with Crippen LogP contribution in [0.4, 0.5) is 0 Å². The topological polar surface area (TPSA) is 52.2 Å². The van der Waals surface area contributed by atoms with E-state index >= 15 is 0 Å². The zero-order valence-corrected chi connectivity index (χ0v) is 6.71. The van der Waals surface area contributed by atoms with Crippen LogP contribution in [0.1, 0.15) is 0 Å². The molecule has 0 spiro atoms. The van der Waals surface area contributed by atoms with Gasteiger partial charge in [-0.1, -0.05) is 5.92 Å². The molecular weight excluding hydrogens is 168 g/mol. The van der Waals surface area contributed by atoms with E-state index in [1.54, 1.807) is 12.3 Å². The Labute approximate surface area is 73.6 Å². The van der Waals surface area contributed by atoms with Crippen molar-refractivity contribution in [3.8, 4) is 12.3 Å². The van der Waals surface area contributed by atoms with Gasteiger partial charge in [-0.25, -0.2) is 9.20 Å². The quantitative estimate of drug-likeness (QED) is 0.549. The third kappa shape index (κ3) is 1.08. The van der Waals surface area contributed by atoms with E-state index in [1.807, 2.05) is 0 Å². The third-order valence-corrected chi connectivity index (χ3v) is 1.67. The molecule has 0 saturated heterocycles. The first-order valence-electron chi connectivity index (χ1n) is 3.66. The van der Waals surface area contributed by atoms with Crippen LogP contribution < -0.4 is 5.56 Å². The average molecular weight is 174 g/mol. The van der Waals surface area contributed by atoms with Gasteiger partial charge in [0.05, 0.1) is 6.20 Å². The van der Waals surface area contributed by atoms with Crippen LogP contribution >= 0.6 is 0 Å². The lowest BCUT2D eigenvalue weighted by Gasteiger charge is -1.98. The summed E-state index contributed by atoms with van der Waals surface area (Å²) in [7, 11) is 0. The molecule has 0 aromatic carbocycles. The van der Waals surface area contributed by atoms with Gasteiger partial charge in [-0.15, -0.1) is 6.42 Å². The van der Waals surface area contributed by atoms with E-state index in [2.05, 4.69) is 16.1 Å². The van der Waals surface area contributed by atoms with Crippen LogP contribution in [0.3, 0.4) is 0 Å². The van der Waals surface area contributed by atoms with Crippen molar-refractivity contribution in [2.45, 2.75) is 6.54 Å². The normalized spacial score (nSPS) is 10.1. The second-order valence-corrected chi connectivity index (χ2v) is 2.46. The maximum atomic E-state index is 11.5. The van der Waals surface area contributed by atoms with Gasteiger partial charge in [-0.3, -0.25) is 4.79 Å². The van der Waals surface area contributed by atoms with Gasteiger partial charge in [-0.05, 0) is 6.07 Å². The Hall–Kier alpha value is -2.09. The lowest BCUT2D eigenvalue weighted by Crippen LogP contribution is -2.24. The minimum absolute atomic E-state index is 0.181. The molecule has 0 aliphatic carbocycles. The highest BCUT2D eigenvalue weighted by molar-refractivity contribution is 5.41. The molecule has 2 heterocycles. The summed E-state index contributed by atoms with van der Waals surface area (Å²) in [6, 6.07) is 1.62. The van der Waals surface area contributed by atoms with E-state index in [-0.39, 0.29) is 12.1 Å². The van der Waals surface area contributed by atoms with Crippen LogP contribution in [-0.2, 0) is 6.54 Å². The summed E-state index contributed by atoms with van der Waals surface area (Å²) in [4.78, 5) is 11.5. The largest absolute Gasteiger partial charge is 0.293 e. The van der Waals surface area contributed by atoms with Crippen molar-refractivity contribution >= 4 is 5.52 Å². The van der Waals surface area contributed by atoms with Crippen LogP contribution in [0, 0.1) is 12.3 Å². The van der Waals surface area contributed by atoms with Gasteiger partial charge in [0.25, 0.3) is 5.56 Å². The van der Waals surface area contributed by atoms with Crippen molar-refractivity contribution in [2.75, 3.05) is 0 Å². The Morgan fingerprint density at radius 3 is 3.15 bits per heavy atom. The summed E-state index contributed by atoms with van der Waals surface area (Å²) in [5, 5.41) is 7.70. The molecule has 2 aromatic rings. The Morgan fingerprint density at radius 2 is 2.38 bits per heavy atom. The second-order valence-electron chi connectivity index (χ2n) is 2.46. The molecular formula is C8H6N4O. The number of aromatic nitrogens is 4. The number of hydrogen-bond donors (Lipinski definition) is 0. The highest BCUT2D eigenvalue weighted by Crippen LogP contribution is 1.90. The summed E-state index contributed by atoms with van der Waals surface area (Å²) in [6.45, 7) is 0.181. The average Bonchev–Trinajstić information content (AvgIpc) is 2.58.